The molecule has 5 heteroatoms. The fourth-order valence-corrected chi connectivity index (χ4v) is 1.73. The third kappa shape index (κ3) is 1.75. The molecule has 0 aliphatic heterocycles. The van der Waals surface area contributed by atoms with Crippen LogP contribution >= 0.6 is 0 Å². The lowest BCUT2D eigenvalue weighted by Gasteiger charge is -2.10. The van der Waals surface area contributed by atoms with Crippen LogP contribution < -0.4 is 10.4 Å². The maximum Gasteiger partial charge on any atom is 0.336 e. The summed E-state index contributed by atoms with van der Waals surface area (Å²) in [6.07, 6.45) is 0. The van der Waals surface area contributed by atoms with E-state index < -0.39 is 5.63 Å². The zero-order valence-corrected chi connectivity index (χ0v) is 9.31. The van der Waals surface area contributed by atoms with Gasteiger partial charge in [0.25, 0.3) is 0 Å². The fraction of sp³-hybridized carbons (Fsp3) is 0.167. The van der Waals surface area contributed by atoms with Gasteiger partial charge in [-0.3, -0.25) is 4.79 Å². The summed E-state index contributed by atoms with van der Waals surface area (Å²) in [4.78, 5) is 22.5. The van der Waals surface area contributed by atoms with Crippen LogP contribution in [0.2, 0.25) is 0 Å². The number of fused-ring (bicyclic) bond motifs is 1. The number of aromatic hydroxyl groups is 1. The number of ether oxygens (including phenoxy) is 1. The van der Waals surface area contributed by atoms with Crippen molar-refractivity contribution in [1.29, 1.82) is 0 Å². The van der Waals surface area contributed by atoms with Crippen molar-refractivity contribution in [2.45, 2.75) is 6.92 Å². The van der Waals surface area contributed by atoms with Crippen molar-refractivity contribution in [3.05, 3.63) is 34.2 Å². The van der Waals surface area contributed by atoms with Gasteiger partial charge < -0.3 is 14.3 Å². The molecule has 88 valence electrons. The number of carbonyl (C=O) groups is 1. The summed E-state index contributed by atoms with van der Waals surface area (Å²) in [7, 11) is 1.38. The summed E-state index contributed by atoms with van der Waals surface area (Å²) in [5.74, 6) is -0.389. The summed E-state index contributed by atoms with van der Waals surface area (Å²) in [5, 5.41) is 10.2. The largest absolute Gasteiger partial charge is 0.507 e. The molecule has 0 amide bonds. The minimum atomic E-state index is -0.533. The molecule has 0 bridgehead atoms. The minimum Gasteiger partial charge on any atom is -0.507 e. The third-order valence-corrected chi connectivity index (χ3v) is 2.41. The molecule has 0 radical (unpaired) electrons. The lowest BCUT2D eigenvalue weighted by molar-refractivity contribution is 0.101. The highest BCUT2D eigenvalue weighted by Crippen LogP contribution is 2.35. The number of hydrogen-bond acceptors (Lipinski definition) is 5. The maximum absolute atomic E-state index is 11.4. The molecule has 1 heterocycles. The number of methoxy groups -OCH3 is 1. The number of phenols is 1. The molecule has 2 rings (SSSR count). The zero-order chi connectivity index (χ0) is 12.6. The average Bonchev–Trinajstić information content (AvgIpc) is 2.26. The Kier molecular flexibility index (Phi) is 2.59. The van der Waals surface area contributed by atoms with Gasteiger partial charge in [-0.25, -0.2) is 4.79 Å². The van der Waals surface area contributed by atoms with Crippen LogP contribution in [0.5, 0.6) is 11.5 Å². The molecule has 0 aliphatic carbocycles. The quantitative estimate of drug-likeness (QED) is 0.632. The third-order valence-electron chi connectivity index (χ3n) is 2.41. The van der Waals surface area contributed by atoms with E-state index in [1.54, 1.807) is 0 Å². The zero-order valence-electron chi connectivity index (χ0n) is 9.31. The molecule has 1 N–H and O–H groups in total. The monoisotopic (exact) mass is 234 g/mol. The van der Waals surface area contributed by atoms with E-state index in [4.69, 9.17) is 9.15 Å². The van der Waals surface area contributed by atoms with Crippen LogP contribution in [0.4, 0.5) is 0 Å². The van der Waals surface area contributed by atoms with Crippen LogP contribution in [0.3, 0.4) is 0 Å². The topological polar surface area (TPSA) is 76.7 Å². The van der Waals surface area contributed by atoms with E-state index >= 15 is 0 Å². The normalized spacial score (nSPS) is 10.5. The van der Waals surface area contributed by atoms with E-state index in [0.717, 1.165) is 0 Å². The van der Waals surface area contributed by atoms with Gasteiger partial charge in [0.2, 0.25) is 0 Å². The Labute approximate surface area is 96.2 Å². The number of carbonyl (C=O) groups excluding carboxylic acids is 1. The van der Waals surface area contributed by atoms with Crippen molar-refractivity contribution in [2.75, 3.05) is 7.11 Å². The van der Waals surface area contributed by atoms with Gasteiger partial charge in [0.1, 0.15) is 22.6 Å². The lowest BCUT2D eigenvalue weighted by atomic mass is 10.1. The van der Waals surface area contributed by atoms with E-state index in [0.29, 0.717) is 5.39 Å². The molecule has 0 atom stereocenters. The highest BCUT2D eigenvalue weighted by molar-refractivity contribution is 6.05. The molecule has 1 aromatic carbocycles. The van der Waals surface area contributed by atoms with Gasteiger partial charge in [-0.2, -0.15) is 0 Å². The van der Waals surface area contributed by atoms with Crippen LogP contribution in [-0.4, -0.2) is 18.0 Å². The van der Waals surface area contributed by atoms with E-state index in [1.807, 2.05) is 0 Å². The van der Waals surface area contributed by atoms with Gasteiger partial charge >= 0.3 is 5.63 Å². The maximum atomic E-state index is 11.4. The fourth-order valence-electron chi connectivity index (χ4n) is 1.73. The molecular formula is C12H10O5. The highest BCUT2D eigenvalue weighted by Gasteiger charge is 2.18. The molecule has 0 aliphatic rings. The first-order valence-electron chi connectivity index (χ1n) is 4.89. The molecular weight excluding hydrogens is 224 g/mol. The first-order chi connectivity index (χ1) is 8.04. The Bertz CT molecular complexity index is 654. The Balaban J connectivity index is 2.95. The molecule has 0 unspecified atom stereocenters. The van der Waals surface area contributed by atoms with Gasteiger partial charge in [-0.15, -0.1) is 0 Å². The van der Waals surface area contributed by atoms with Crippen LogP contribution in [-0.2, 0) is 0 Å². The van der Waals surface area contributed by atoms with Gasteiger partial charge in [-0.05, 0) is 13.0 Å². The van der Waals surface area contributed by atoms with Gasteiger partial charge in [0.15, 0.2) is 5.78 Å². The number of phenolic OH excluding ortho intramolecular Hbond substituents is 1. The van der Waals surface area contributed by atoms with Gasteiger partial charge in [0.05, 0.1) is 12.5 Å². The Morgan fingerprint density at radius 2 is 2.12 bits per heavy atom. The Morgan fingerprint density at radius 3 is 2.71 bits per heavy atom. The van der Waals surface area contributed by atoms with Crippen molar-refractivity contribution in [2.24, 2.45) is 0 Å². The summed E-state index contributed by atoms with van der Waals surface area (Å²) < 4.78 is 10.0. The van der Waals surface area contributed by atoms with Gasteiger partial charge in [0, 0.05) is 12.1 Å². The highest BCUT2D eigenvalue weighted by atomic mass is 16.5. The average molecular weight is 234 g/mol. The summed E-state index contributed by atoms with van der Waals surface area (Å²) in [6, 6.07) is 3.95. The number of ketones is 1. The van der Waals surface area contributed by atoms with Gasteiger partial charge in [-0.1, -0.05) is 0 Å². The number of hydrogen-bond donors (Lipinski definition) is 1. The second-order valence-corrected chi connectivity index (χ2v) is 3.53. The van der Waals surface area contributed by atoms with Crippen molar-refractivity contribution < 1.29 is 19.1 Å². The molecule has 1 aromatic heterocycles. The molecule has 2 aromatic rings. The number of Topliss-reactive ketones (excluding diaryl/α,β-unsaturated/α-hetero) is 1. The lowest BCUT2D eigenvalue weighted by Crippen LogP contribution is -2.01. The first-order valence-corrected chi connectivity index (χ1v) is 4.89. The Hall–Kier alpha value is -2.30. The van der Waals surface area contributed by atoms with Crippen molar-refractivity contribution in [3.63, 3.8) is 0 Å². The summed E-state index contributed by atoms with van der Waals surface area (Å²) in [6.45, 7) is 1.32. The van der Waals surface area contributed by atoms with Crippen LogP contribution in [0.25, 0.3) is 11.0 Å². The molecule has 0 fully saturated rings. The molecule has 0 saturated heterocycles. The van der Waals surface area contributed by atoms with E-state index in [9.17, 15) is 14.7 Å². The van der Waals surface area contributed by atoms with Crippen LogP contribution in [0.15, 0.2) is 27.4 Å². The van der Waals surface area contributed by atoms with Crippen molar-refractivity contribution in [3.8, 4) is 11.5 Å². The molecule has 17 heavy (non-hydrogen) atoms. The number of benzene rings is 1. The smallest absolute Gasteiger partial charge is 0.336 e. The molecule has 0 spiro atoms. The minimum absolute atomic E-state index is 0.0776. The SMILES string of the molecule is COc1c(C(C)=O)c(O)cc2oc(=O)ccc12. The molecule has 0 saturated carbocycles. The standard InChI is InChI=1S/C12H10O5/c1-6(13)11-8(14)5-9-7(12(11)16-2)3-4-10(15)17-9/h3-5,14H,1-2H3. The van der Waals surface area contributed by atoms with E-state index in [1.165, 1.54) is 32.2 Å². The first kappa shape index (κ1) is 11.2. The predicted molar refractivity (Wildman–Crippen MR) is 60.7 cm³/mol. The van der Waals surface area contributed by atoms with Crippen LogP contribution in [0.1, 0.15) is 17.3 Å². The Morgan fingerprint density at radius 1 is 1.41 bits per heavy atom. The van der Waals surface area contributed by atoms with Crippen molar-refractivity contribution in [1.82, 2.24) is 0 Å². The summed E-state index contributed by atoms with van der Waals surface area (Å²) >= 11 is 0. The summed E-state index contributed by atoms with van der Waals surface area (Å²) in [5.41, 5.74) is -0.278. The van der Waals surface area contributed by atoms with Crippen molar-refractivity contribution >= 4 is 16.8 Å². The second-order valence-electron chi connectivity index (χ2n) is 3.53. The second kappa shape index (κ2) is 3.93. The number of rotatable bonds is 2. The van der Waals surface area contributed by atoms with E-state index in [2.05, 4.69) is 0 Å². The molecule has 5 nitrogen and oxygen atoms in total. The van der Waals surface area contributed by atoms with Crippen LogP contribution in [0, 0.1) is 0 Å². The predicted octanol–water partition coefficient (Wildman–Crippen LogP) is 1.71. The van der Waals surface area contributed by atoms with E-state index in [-0.39, 0.29) is 28.4 Å².